The van der Waals surface area contributed by atoms with Gasteiger partial charge in [0, 0.05) is 55.3 Å². The van der Waals surface area contributed by atoms with E-state index in [1.807, 2.05) is 33.9 Å². The molecule has 0 bridgehead atoms. The molecule has 0 saturated carbocycles. The Kier molecular flexibility index (Phi) is 16.1. The molecule has 0 aliphatic carbocycles. The number of fused-ring (bicyclic) bond motifs is 2. The van der Waals surface area contributed by atoms with Crippen LogP contribution >= 0.6 is 0 Å². The second-order valence-corrected chi connectivity index (χ2v) is 15.9. The smallest absolute Gasteiger partial charge is 0.162 e. The number of hydrogen-bond acceptors (Lipinski definition) is 3. The summed E-state index contributed by atoms with van der Waals surface area (Å²) in [5.74, 6) is 2.20. The van der Waals surface area contributed by atoms with Crippen molar-refractivity contribution in [3.63, 3.8) is 0 Å². The number of rotatable bonds is 12. The Morgan fingerprint density at radius 3 is 1.86 bits per heavy atom. The molecule has 4 rings (SSSR count). The summed E-state index contributed by atoms with van der Waals surface area (Å²) < 4.78 is 0. The van der Waals surface area contributed by atoms with Gasteiger partial charge in [0.05, 0.1) is 5.76 Å². The molecule has 0 amide bonds. The number of aliphatic hydroxyl groups is 1. The van der Waals surface area contributed by atoms with Crippen molar-refractivity contribution in [2.75, 3.05) is 0 Å². The Labute approximate surface area is 318 Å². The van der Waals surface area contributed by atoms with Gasteiger partial charge in [0.25, 0.3) is 0 Å². The summed E-state index contributed by atoms with van der Waals surface area (Å²) >= 11 is 0. The number of benzene rings is 3. The predicted octanol–water partition coefficient (Wildman–Crippen LogP) is 13.2. The zero-order valence-electron chi connectivity index (χ0n) is 33.2. The van der Waals surface area contributed by atoms with Crippen LogP contribution in [-0.2, 0) is 35.7 Å². The van der Waals surface area contributed by atoms with Crippen LogP contribution in [-0.4, -0.2) is 15.9 Å². The van der Waals surface area contributed by atoms with Crippen LogP contribution in [0.25, 0.3) is 32.8 Å². The molecule has 0 fully saturated rings. The van der Waals surface area contributed by atoms with Crippen molar-refractivity contribution in [1.29, 1.82) is 0 Å². The van der Waals surface area contributed by atoms with E-state index in [9.17, 15) is 9.90 Å². The fourth-order valence-corrected chi connectivity index (χ4v) is 8.42. The van der Waals surface area contributed by atoms with E-state index in [-0.39, 0.29) is 54.3 Å². The van der Waals surface area contributed by atoms with Gasteiger partial charge in [-0.3, -0.25) is 9.78 Å². The van der Waals surface area contributed by atoms with Crippen LogP contribution in [0.5, 0.6) is 0 Å². The number of pyridine rings is 1. The van der Waals surface area contributed by atoms with Crippen molar-refractivity contribution in [2.24, 2.45) is 29.6 Å². The summed E-state index contributed by atoms with van der Waals surface area (Å²) in [6, 6.07) is 23.8. The molecule has 0 aliphatic rings. The van der Waals surface area contributed by atoms with E-state index in [1.165, 1.54) is 33.4 Å². The number of aromatic nitrogens is 1. The van der Waals surface area contributed by atoms with Crippen LogP contribution in [0.4, 0.5) is 0 Å². The summed E-state index contributed by atoms with van der Waals surface area (Å²) in [6.45, 7) is 29.2. The van der Waals surface area contributed by atoms with Gasteiger partial charge in [-0.15, -0.1) is 29.1 Å². The number of carbonyl (C=O) groups excluding carboxylic acids is 1. The number of hydrogen-bond donors (Lipinski definition) is 1. The van der Waals surface area contributed by atoms with Crippen molar-refractivity contribution in [3.05, 3.63) is 89.8 Å². The minimum absolute atomic E-state index is 0. The predicted molar refractivity (Wildman–Crippen MR) is 212 cm³/mol. The van der Waals surface area contributed by atoms with E-state index in [1.54, 1.807) is 0 Å². The average Bonchev–Trinajstić information content (AvgIpc) is 3.04. The van der Waals surface area contributed by atoms with Gasteiger partial charge in [-0.1, -0.05) is 137 Å². The Bertz CT molecular complexity index is 1700. The Morgan fingerprint density at radius 1 is 0.780 bits per heavy atom. The van der Waals surface area contributed by atoms with Crippen LogP contribution in [0.3, 0.4) is 0 Å². The molecule has 1 heterocycles. The van der Waals surface area contributed by atoms with E-state index in [2.05, 4.69) is 123 Å². The van der Waals surface area contributed by atoms with Gasteiger partial charge in [0.1, 0.15) is 0 Å². The Balaban J connectivity index is 0.000000461. The normalized spacial score (nSPS) is 12.6. The number of allylic oxidation sites excluding steroid dienone is 2. The first-order chi connectivity index (χ1) is 23.1. The number of nitrogens with zero attached hydrogens (tertiary/aromatic N) is 1. The van der Waals surface area contributed by atoms with Gasteiger partial charge in [0.2, 0.25) is 0 Å². The van der Waals surface area contributed by atoms with Crippen molar-refractivity contribution in [1.82, 2.24) is 4.98 Å². The topological polar surface area (TPSA) is 50.2 Å². The minimum atomic E-state index is 0. The van der Waals surface area contributed by atoms with Crippen molar-refractivity contribution < 1.29 is 30.0 Å². The first-order valence-corrected chi connectivity index (χ1v) is 18.9. The molecule has 4 heteroatoms. The van der Waals surface area contributed by atoms with Gasteiger partial charge in [-0.05, 0) is 71.3 Å². The van der Waals surface area contributed by atoms with Crippen LogP contribution in [0.15, 0.2) is 72.6 Å². The molecular weight excluding hydrogens is 791 g/mol. The molecule has 1 radical (unpaired) electrons. The van der Waals surface area contributed by atoms with E-state index in [0.29, 0.717) is 17.8 Å². The van der Waals surface area contributed by atoms with Crippen LogP contribution in [0.2, 0.25) is 0 Å². The summed E-state index contributed by atoms with van der Waals surface area (Å²) in [5.41, 5.74) is 5.04. The van der Waals surface area contributed by atoms with Gasteiger partial charge in [-0.2, -0.15) is 0 Å². The first kappa shape index (κ1) is 43.4. The first-order valence-electron chi connectivity index (χ1n) is 18.9. The molecule has 1 aromatic heterocycles. The second kappa shape index (κ2) is 18.6. The third kappa shape index (κ3) is 9.34. The Hall–Kier alpha value is -2.81. The number of aliphatic hydroxyl groups excluding tert-OH is 1. The van der Waals surface area contributed by atoms with E-state index in [0.717, 1.165) is 42.3 Å². The zero-order valence-corrected chi connectivity index (χ0v) is 35.6. The summed E-state index contributed by atoms with van der Waals surface area (Å²) in [7, 11) is 0. The van der Waals surface area contributed by atoms with Gasteiger partial charge in [-0.25, -0.2) is 0 Å². The second-order valence-electron chi connectivity index (χ2n) is 15.9. The molecule has 0 unspecified atom stereocenters. The van der Waals surface area contributed by atoms with Gasteiger partial charge in [0.15, 0.2) is 5.78 Å². The molecule has 1 N–H and O–H groups in total. The summed E-state index contributed by atoms with van der Waals surface area (Å²) in [5, 5.41) is 14.6. The van der Waals surface area contributed by atoms with Gasteiger partial charge >= 0.3 is 0 Å². The van der Waals surface area contributed by atoms with Crippen LogP contribution in [0, 0.1) is 35.7 Å². The summed E-state index contributed by atoms with van der Waals surface area (Å²) in [4.78, 5) is 16.6. The molecule has 3 nitrogen and oxygen atoms in total. The van der Waals surface area contributed by atoms with E-state index in [4.69, 9.17) is 4.98 Å². The molecule has 3 aromatic carbocycles. The van der Waals surface area contributed by atoms with E-state index < -0.39 is 0 Å². The molecule has 0 atom stereocenters. The third-order valence-corrected chi connectivity index (χ3v) is 11.1. The standard InChI is InChI=1S/C33H40N.C13H24O2.Ir/c1-21(2)33(22(3)4,23(5)6)27-14-15-29-25(19-27)16-17-34-31(29)26-18-24-12-10-11-13-28(24)30(20-26)32(7,8)9;1-5-10(6-2)12(14)9-13(15)11(7-3)8-4;/h10-17,19-23H,1-9H3;9-11,14H,5-8H2,1-4H3;/q-1;;/b;12-9-;. The number of ketones is 1. The molecule has 0 saturated heterocycles. The maximum Gasteiger partial charge on any atom is 0.162 e. The molecule has 275 valence electrons. The minimum Gasteiger partial charge on any atom is -0.512 e. The van der Waals surface area contributed by atoms with Crippen molar-refractivity contribution in [3.8, 4) is 11.3 Å². The fourth-order valence-electron chi connectivity index (χ4n) is 8.42. The molecule has 0 aliphatic heterocycles. The van der Waals surface area contributed by atoms with Gasteiger partial charge < -0.3 is 5.11 Å². The third-order valence-electron chi connectivity index (χ3n) is 11.1. The maximum absolute atomic E-state index is 11.7. The molecular formula is C46H64IrNO2-. The van der Waals surface area contributed by atoms with E-state index >= 15 is 0 Å². The molecule has 0 spiro atoms. The quantitative estimate of drug-likeness (QED) is 0.0877. The largest absolute Gasteiger partial charge is 0.512 e. The maximum atomic E-state index is 11.7. The zero-order chi connectivity index (χ0) is 36.7. The molecule has 4 aromatic rings. The molecule has 50 heavy (non-hydrogen) atoms. The van der Waals surface area contributed by atoms with Crippen LogP contribution in [0.1, 0.15) is 127 Å². The fraction of sp³-hybridized carbons (Fsp3) is 0.522. The summed E-state index contributed by atoms with van der Waals surface area (Å²) in [6.07, 6.45) is 6.87. The monoisotopic (exact) mass is 855 g/mol. The van der Waals surface area contributed by atoms with Crippen LogP contribution < -0.4 is 0 Å². The SMILES string of the molecule is CC(C)C(c1ccc2c(-c3[c-]c4ccccc4c(C(C)(C)C)c3)nccc2c1)(C(C)C)C(C)C.CCC(CC)C(=O)/C=C(\O)C(CC)CC.[Ir]. The van der Waals surface area contributed by atoms with Crippen molar-refractivity contribution >= 4 is 27.3 Å². The number of carbonyl (C=O) groups is 1. The van der Waals surface area contributed by atoms with Crippen molar-refractivity contribution in [2.45, 2.75) is 127 Å². The Morgan fingerprint density at radius 2 is 1.34 bits per heavy atom. The average molecular weight is 855 g/mol.